The minimum Gasteiger partial charge on any atom is -0.369 e. The van der Waals surface area contributed by atoms with Crippen LogP contribution in [0.15, 0.2) is 24.5 Å². The molecule has 0 unspecified atom stereocenters. The summed E-state index contributed by atoms with van der Waals surface area (Å²) in [6.45, 7) is 5.14. The third-order valence-electron chi connectivity index (χ3n) is 3.07. The fourth-order valence-electron chi connectivity index (χ4n) is 1.88. The van der Waals surface area contributed by atoms with E-state index in [0.29, 0.717) is 11.6 Å². The van der Waals surface area contributed by atoms with E-state index < -0.39 is 0 Å². The molecule has 1 aromatic heterocycles. The first-order valence-corrected chi connectivity index (χ1v) is 7.37. The van der Waals surface area contributed by atoms with Crippen LogP contribution in [0, 0.1) is 5.92 Å². The molecular weight excluding hydrogens is 288 g/mol. The molecule has 0 aliphatic heterocycles. The predicted octanol–water partition coefficient (Wildman–Crippen LogP) is 2.86. The van der Waals surface area contributed by atoms with E-state index in [1.54, 1.807) is 0 Å². The van der Waals surface area contributed by atoms with Gasteiger partial charge in [-0.3, -0.25) is 4.79 Å². The summed E-state index contributed by atoms with van der Waals surface area (Å²) in [6, 6.07) is 5.54. The summed E-state index contributed by atoms with van der Waals surface area (Å²) in [5.41, 5.74) is 0.813. The smallest absolute Gasteiger partial charge is 0.222 e. The van der Waals surface area contributed by atoms with Crippen LogP contribution in [0.2, 0.25) is 5.02 Å². The van der Waals surface area contributed by atoms with E-state index in [9.17, 15) is 4.79 Å². The number of aromatic nitrogens is 2. The minimum absolute atomic E-state index is 0.0218. The maximum Gasteiger partial charge on any atom is 0.222 e. The fourth-order valence-corrected chi connectivity index (χ4v) is 2.05. The first-order chi connectivity index (χ1) is 10.1. The number of benzene rings is 1. The number of fused-ring (bicyclic) bond motifs is 1. The van der Waals surface area contributed by atoms with Crippen LogP contribution >= 0.6 is 11.6 Å². The van der Waals surface area contributed by atoms with Crippen LogP contribution in [0.25, 0.3) is 10.9 Å². The van der Waals surface area contributed by atoms with E-state index in [4.69, 9.17) is 11.6 Å². The van der Waals surface area contributed by atoms with Crippen LogP contribution in [-0.2, 0) is 4.79 Å². The molecule has 6 heteroatoms. The molecule has 0 saturated carbocycles. The number of anilines is 1. The zero-order valence-corrected chi connectivity index (χ0v) is 12.9. The summed E-state index contributed by atoms with van der Waals surface area (Å²) in [6.07, 6.45) is 2.35. The van der Waals surface area contributed by atoms with E-state index in [0.717, 1.165) is 29.7 Å². The van der Waals surface area contributed by atoms with Crippen LogP contribution in [-0.4, -0.2) is 29.0 Å². The molecule has 2 aromatic rings. The van der Waals surface area contributed by atoms with Crippen molar-refractivity contribution in [2.45, 2.75) is 20.3 Å². The number of nitrogens with one attached hydrogen (secondary N) is 2. The van der Waals surface area contributed by atoms with Crippen molar-refractivity contribution in [3.8, 4) is 0 Å². The average Bonchev–Trinajstić information content (AvgIpc) is 2.46. The summed E-state index contributed by atoms with van der Waals surface area (Å²) < 4.78 is 0. The van der Waals surface area contributed by atoms with Gasteiger partial charge in [0.2, 0.25) is 5.91 Å². The van der Waals surface area contributed by atoms with Gasteiger partial charge in [0.1, 0.15) is 12.1 Å². The molecule has 21 heavy (non-hydrogen) atoms. The number of hydrogen-bond donors (Lipinski definition) is 2. The van der Waals surface area contributed by atoms with Gasteiger partial charge in [-0.15, -0.1) is 0 Å². The monoisotopic (exact) mass is 306 g/mol. The fraction of sp³-hybridized carbons (Fsp3) is 0.400. The predicted molar refractivity (Wildman–Crippen MR) is 85.5 cm³/mol. The summed E-state index contributed by atoms with van der Waals surface area (Å²) in [5.74, 6) is 0.887. The highest BCUT2D eigenvalue weighted by Gasteiger charge is 2.06. The number of hydrogen-bond acceptors (Lipinski definition) is 4. The number of amides is 1. The molecule has 0 radical (unpaired) electrons. The van der Waals surface area contributed by atoms with Crippen molar-refractivity contribution in [2.75, 3.05) is 18.4 Å². The quantitative estimate of drug-likeness (QED) is 0.805. The highest BCUT2D eigenvalue weighted by atomic mass is 35.5. The van der Waals surface area contributed by atoms with Gasteiger partial charge in [0.15, 0.2) is 0 Å². The van der Waals surface area contributed by atoms with E-state index in [1.165, 1.54) is 6.33 Å². The van der Waals surface area contributed by atoms with E-state index in [1.807, 2.05) is 32.0 Å². The Labute approximate surface area is 129 Å². The van der Waals surface area contributed by atoms with Gasteiger partial charge in [0, 0.05) is 29.4 Å². The lowest BCUT2D eigenvalue weighted by molar-refractivity contribution is -0.123. The Bertz CT molecular complexity index is 630. The van der Waals surface area contributed by atoms with Crippen LogP contribution in [0.3, 0.4) is 0 Å². The van der Waals surface area contributed by atoms with Crippen molar-refractivity contribution in [1.29, 1.82) is 0 Å². The van der Waals surface area contributed by atoms with Crippen molar-refractivity contribution in [2.24, 2.45) is 5.92 Å². The summed E-state index contributed by atoms with van der Waals surface area (Å²) in [4.78, 5) is 19.9. The SMILES string of the molecule is CC(C)C(=O)NCCCNc1ncnc2cc(Cl)ccc12. The summed E-state index contributed by atoms with van der Waals surface area (Å²) >= 11 is 5.95. The zero-order chi connectivity index (χ0) is 15.2. The second-order valence-corrected chi connectivity index (χ2v) is 5.55. The van der Waals surface area contributed by atoms with Crippen LogP contribution < -0.4 is 10.6 Å². The highest BCUT2D eigenvalue weighted by Crippen LogP contribution is 2.22. The number of nitrogens with zero attached hydrogens (tertiary/aromatic N) is 2. The van der Waals surface area contributed by atoms with Crippen molar-refractivity contribution >= 4 is 34.2 Å². The molecule has 0 spiro atoms. The van der Waals surface area contributed by atoms with Crippen LogP contribution in [0.1, 0.15) is 20.3 Å². The van der Waals surface area contributed by atoms with E-state index >= 15 is 0 Å². The maximum absolute atomic E-state index is 11.4. The molecule has 1 amide bonds. The Balaban J connectivity index is 1.88. The van der Waals surface area contributed by atoms with Crippen LogP contribution in [0.4, 0.5) is 5.82 Å². The normalized spacial score (nSPS) is 10.9. The van der Waals surface area contributed by atoms with Gasteiger partial charge in [0.05, 0.1) is 5.52 Å². The molecule has 1 heterocycles. The maximum atomic E-state index is 11.4. The molecular formula is C15H19ClN4O. The molecule has 112 valence electrons. The lowest BCUT2D eigenvalue weighted by Crippen LogP contribution is -2.29. The number of rotatable bonds is 6. The van der Waals surface area contributed by atoms with Gasteiger partial charge in [-0.2, -0.15) is 0 Å². The first-order valence-electron chi connectivity index (χ1n) is 7.00. The number of carbonyl (C=O) groups is 1. The van der Waals surface area contributed by atoms with Gasteiger partial charge in [-0.05, 0) is 24.6 Å². The standard InChI is InChI=1S/C15H19ClN4O/c1-10(2)15(21)18-7-3-6-17-14-12-5-4-11(16)8-13(12)19-9-20-14/h4-5,8-10H,3,6-7H2,1-2H3,(H,18,21)(H,17,19,20). The Morgan fingerprint density at radius 1 is 1.29 bits per heavy atom. The second-order valence-electron chi connectivity index (χ2n) is 5.11. The lowest BCUT2D eigenvalue weighted by Gasteiger charge is -2.10. The third kappa shape index (κ3) is 4.29. The first kappa shape index (κ1) is 15.5. The van der Waals surface area contributed by atoms with Crippen molar-refractivity contribution in [1.82, 2.24) is 15.3 Å². The molecule has 1 aromatic carbocycles. The molecule has 0 bridgehead atoms. The molecule has 0 atom stereocenters. The highest BCUT2D eigenvalue weighted by molar-refractivity contribution is 6.31. The molecule has 5 nitrogen and oxygen atoms in total. The molecule has 0 aliphatic carbocycles. The van der Waals surface area contributed by atoms with Gasteiger partial charge < -0.3 is 10.6 Å². The molecule has 0 aliphatic rings. The topological polar surface area (TPSA) is 66.9 Å². The summed E-state index contributed by atoms with van der Waals surface area (Å²) in [5, 5.41) is 7.74. The van der Waals surface area contributed by atoms with Gasteiger partial charge in [-0.25, -0.2) is 9.97 Å². The van der Waals surface area contributed by atoms with Crippen molar-refractivity contribution in [3.63, 3.8) is 0 Å². The summed E-state index contributed by atoms with van der Waals surface area (Å²) in [7, 11) is 0. The third-order valence-corrected chi connectivity index (χ3v) is 3.30. The van der Waals surface area contributed by atoms with Crippen molar-refractivity contribution in [3.05, 3.63) is 29.5 Å². The lowest BCUT2D eigenvalue weighted by atomic mass is 10.2. The molecule has 0 saturated heterocycles. The van der Waals surface area contributed by atoms with Gasteiger partial charge >= 0.3 is 0 Å². The number of carbonyl (C=O) groups excluding carboxylic acids is 1. The average molecular weight is 307 g/mol. The largest absolute Gasteiger partial charge is 0.369 e. The zero-order valence-electron chi connectivity index (χ0n) is 12.2. The Morgan fingerprint density at radius 3 is 2.86 bits per heavy atom. The van der Waals surface area contributed by atoms with E-state index in [-0.39, 0.29) is 11.8 Å². The van der Waals surface area contributed by atoms with Crippen molar-refractivity contribution < 1.29 is 4.79 Å². The molecule has 2 N–H and O–H groups in total. The Hall–Kier alpha value is -1.88. The molecule has 2 rings (SSSR count). The van der Waals surface area contributed by atoms with Gasteiger partial charge in [-0.1, -0.05) is 25.4 Å². The number of halogens is 1. The van der Waals surface area contributed by atoms with Crippen LogP contribution in [0.5, 0.6) is 0 Å². The minimum atomic E-state index is 0.0218. The Morgan fingerprint density at radius 2 is 2.10 bits per heavy atom. The molecule has 0 fully saturated rings. The van der Waals surface area contributed by atoms with E-state index in [2.05, 4.69) is 20.6 Å². The Kier molecular flexibility index (Phi) is 5.33. The van der Waals surface area contributed by atoms with Gasteiger partial charge in [0.25, 0.3) is 0 Å². The second kappa shape index (κ2) is 7.22.